The number of sulfonamides is 1. The highest BCUT2D eigenvalue weighted by Crippen LogP contribution is 2.37. The van der Waals surface area contributed by atoms with Crippen LogP contribution in [0, 0.1) is 5.92 Å². The summed E-state index contributed by atoms with van der Waals surface area (Å²) in [6.45, 7) is 5.82. The number of nitrogens with zero attached hydrogens (tertiary/aromatic N) is 1. The van der Waals surface area contributed by atoms with Gasteiger partial charge in [0.2, 0.25) is 0 Å². The van der Waals surface area contributed by atoms with Gasteiger partial charge in [-0.1, -0.05) is 6.92 Å². The molecule has 1 aliphatic carbocycles. The molecule has 4 nitrogen and oxygen atoms in total. The predicted octanol–water partition coefficient (Wildman–Crippen LogP) is 2.67. The van der Waals surface area contributed by atoms with E-state index in [0.29, 0.717) is 10.1 Å². The maximum absolute atomic E-state index is 12.6. The summed E-state index contributed by atoms with van der Waals surface area (Å²) in [7, 11) is -1.63. The fourth-order valence-corrected chi connectivity index (χ4v) is 5.04. The second-order valence-corrected chi connectivity index (χ2v) is 8.69. The molecule has 1 unspecified atom stereocenters. The van der Waals surface area contributed by atoms with Crippen LogP contribution in [0.5, 0.6) is 0 Å². The highest BCUT2D eigenvalue weighted by Gasteiger charge is 2.36. The Balaban J connectivity index is 2.05. The lowest BCUT2D eigenvalue weighted by Gasteiger charge is -2.23. The van der Waals surface area contributed by atoms with E-state index in [1.54, 1.807) is 17.4 Å². The van der Waals surface area contributed by atoms with Crippen molar-refractivity contribution in [1.82, 2.24) is 9.62 Å². The summed E-state index contributed by atoms with van der Waals surface area (Å²) < 4.78 is 27.1. The summed E-state index contributed by atoms with van der Waals surface area (Å²) in [5.74, 6) is 0.542. The average Bonchev–Trinajstić information content (AvgIpc) is 3.16. The summed E-state index contributed by atoms with van der Waals surface area (Å²) in [6.07, 6.45) is 3.38. The van der Waals surface area contributed by atoms with E-state index in [1.807, 2.05) is 12.3 Å². The molecule has 0 spiro atoms. The first-order valence-corrected chi connectivity index (χ1v) is 9.55. The number of rotatable bonds is 8. The second-order valence-electron chi connectivity index (χ2n) is 5.55. The molecule has 1 heterocycles. The molecule has 1 aliphatic rings. The molecular formula is C14H24N2O2S2. The van der Waals surface area contributed by atoms with Crippen LogP contribution in [0.2, 0.25) is 0 Å². The Labute approximate surface area is 126 Å². The zero-order chi connectivity index (χ0) is 14.8. The largest absolute Gasteiger partial charge is 0.313 e. The van der Waals surface area contributed by atoms with Gasteiger partial charge in [0.15, 0.2) is 0 Å². The molecule has 1 saturated carbocycles. The van der Waals surface area contributed by atoms with E-state index in [9.17, 15) is 8.42 Å². The van der Waals surface area contributed by atoms with Crippen molar-refractivity contribution < 1.29 is 8.42 Å². The highest BCUT2D eigenvalue weighted by atomic mass is 32.2. The third-order valence-corrected chi connectivity index (χ3v) is 7.31. The van der Waals surface area contributed by atoms with Crippen LogP contribution in [0.3, 0.4) is 0 Å². The smallest absolute Gasteiger partial charge is 0.252 e. The van der Waals surface area contributed by atoms with Crippen LogP contribution in [0.25, 0.3) is 0 Å². The van der Waals surface area contributed by atoms with Crippen LogP contribution in [0.15, 0.2) is 15.7 Å². The first-order chi connectivity index (χ1) is 9.46. The van der Waals surface area contributed by atoms with Crippen molar-refractivity contribution in [3.8, 4) is 0 Å². The maximum atomic E-state index is 12.6. The number of hydrogen-bond donors (Lipinski definition) is 1. The minimum Gasteiger partial charge on any atom is -0.313 e. The topological polar surface area (TPSA) is 49.4 Å². The van der Waals surface area contributed by atoms with Gasteiger partial charge in [-0.05, 0) is 55.7 Å². The van der Waals surface area contributed by atoms with Gasteiger partial charge in [-0.15, -0.1) is 11.3 Å². The van der Waals surface area contributed by atoms with Crippen molar-refractivity contribution in [3.63, 3.8) is 0 Å². The molecule has 6 heteroatoms. The zero-order valence-electron chi connectivity index (χ0n) is 12.4. The molecule has 1 aromatic heterocycles. The number of nitrogens with one attached hydrogen (secondary N) is 1. The van der Waals surface area contributed by atoms with Crippen molar-refractivity contribution in [2.45, 2.75) is 49.9 Å². The summed E-state index contributed by atoms with van der Waals surface area (Å²) in [6, 6.07) is 1.91. The molecule has 20 heavy (non-hydrogen) atoms. The van der Waals surface area contributed by atoms with Crippen molar-refractivity contribution in [3.05, 3.63) is 17.0 Å². The first-order valence-electron chi connectivity index (χ1n) is 7.23. The molecule has 1 fully saturated rings. The molecule has 0 radical (unpaired) electrons. The molecule has 1 aromatic rings. The molecule has 1 atom stereocenters. The Hall–Kier alpha value is -0.430. The van der Waals surface area contributed by atoms with Crippen LogP contribution >= 0.6 is 11.3 Å². The fourth-order valence-electron chi connectivity index (χ4n) is 2.23. The summed E-state index contributed by atoms with van der Waals surface area (Å²) >= 11 is 1.32. The Morgan fingerprint density at radius 3 is 2.80 bits per heavy atom. The Bertz CT molecular complexity index is 535. The van der Waals surface area contributed by atoms with Gasteiger partial charge in [-0.25, -0.2) is 8.42 Å². The lowest BCUT2D eigenvalue weighted by molar-refractivity contribution is 0.358. The lowest BCUT2D eigenvalue weighted by Crippen LogP contribution is -2.36. The minimum atomic E-state index is -3.33. The van der Waals surface area contributed by atoms with E-state index >= 15 is 0 Å². The van der Waals surface area contributed by atoms with E-state index in [1.165, 1.54) is 11.3 Å². The van der Waals surface area contributed by atoms with Crippen molar-refractivity contribution in [2.75, 3.05) is 13.6 Å². The van der Waals surface area contributed by atoms with Gasteiger partial charge in [-0.3, -0.25) is 0 Å². The molecule has 0 aromatic carbocycles. The van der Waals surface area contributed by atoms with Crippen LogP contribution < -0.4 is 5.32 Å². The molecule has 0 bridgehead atoms. The third kappa shape index (κ3) is 3.61. The first kappa shape index (κ1) is 15.9. The van der Waals surface area contributed by atoms with Crippen molar-refractivity contribution in [1.29, 1.82) is 0 Å². The van der Waals surface area contributed by atoms with Crippen LogP contribution in [-0.2, 0) is 16.6 Å². The lowest BCUT2D eigenvalue weighted by atomic mass is 10.2. The van der Waals surface area contributed by atoms with Gasteiger partial charge in [0, 0.05) is 19.6 Å². The minimum absolute atomic E-state index is 0.101. The summed E-state index contributed by atoms with van der Waals surface area (Å²) in [4.78, 5) is 0. The van der Waals surface area contributed by atoms with Crippen molar-refractivity contribution in [2.24, 2.45) is 5.92 Å². The molecule has 114 valence electrons. The SMILES string of the molecule is CCCNCc1csc(S(=O)(=O)N(C)C(C)C2CC2)c1. The molecule has 0 saturated heterocycles. The normalized spacial score (nSPS) is 17.6. The van der Waals surface area contributed by atoms with Gasteiger partial charge in [-0.2, -0.15) is 4.31 Å². The predicted molar refractivity (Wildman–Crippen MR) is 83.5 cm³/mol. The quantitative estimate of drug-likeness (QED) is 0.750. The Morgan fingerprint density at radius 1 is 1.50 bits per heavy atom. The van der Waals surface area contributed by atoms with E-state index in [-0.39, 0.29) is 6.04 Å². The van der Waals surface area contributed by atoms with Gasteiger partial charge in [0.05, 0.1) is 0 Å². The van der Waals surface area contributed by atoms with Crippen LogP contribution in [-0.4, -0.2) is 32.4 Å². The van der Waals surface area contributed by atoms with E-state index in [2.05, 4.69) is 12.2 Å². The summed E-state index contributed by atoms with van der Waals surface area (Å²) in [5.41, 5.74) is 1.05. The van der Waals surface area contributed by atoms with Crippen LogP contribution in [0.4, 0.5) is 0 Å². The second kappa shape index (κ2) is 6.56. The van der Waals surface area contributed by atoms with Crippen molar-refractivity contribution >= 4 is 21.4 Å². The Kier molecular flexibility index (Phi) is 5.23. The standard InChI is InChI=1S/C14H24N2O2S2/c1-4-7-15-9-12-8-14(19-10-12)20(17,18)16(3)11(2)13-5-6-13/h8,10-11,13,15H,4-7,9H2,1-3H3. The fraction of sp³-hybridized carbons (Fsp3) is 0.714. The number of thiophene rings is 1. The van der Waals surface area contributed by atoms with Gasteiger partial charge in [0.1, 0.15) is 4.21 Å². The Morgan fingerprint density at radius 2 is 2.20 bits per heavy atom. The molecule has 0 aliphatic heterocycles. The zero-order valence-corrected chi connectivity index (χ0v) is 14.1. The molecule has 1 N–H and O–H groups in total. The van der Waals surface area contributed by atoms with Gasteiger partial charge in [0.25, 0.3) is 10.0 Å². The van der Waals surface area contributed by atoms with Crippen LogP contribution in [0.1, 0.15) is 38.7 Å². The number of hydrogen-bond acceptors (Lipinski definition) is 4. The van der Waals surface area contributed by atoms with E-state index in [0.717, 1.165) is 37.9 Å². The third-order valence-electron chi connectivity index (χ3n) is 3.90. The average molecular weight is 316 g/mol. The van der Waals surface area contributed by atoms with E-state index < -0.39 is 10.0 Å². The maximum Gasteiger partial charge on any atom is 0.252 e. The van der Waals surface area contributed by atoms with Gasteiger partial charge >= 0.3 is 0 Å². The summed E-state index contributed by atoms with van der Waals surface area (Å²) in [5, 5.41) is 5.23. The molecule has 0 amide bonds. The molecular weight excluding hydrogens is 292 g/mol. The molecule has 2 rings (SSSR count). The van der Waals surface area contributed by atoms with Gasteiger partial charge < -0.3 is 5.32 Å². The highest BCUT2D eigenvalue weighted by molar-refractivity contribution is 7.91. The van der Waals surface area contributed by atoms with E-state index in [4.69, 9.17) is 0 Å². The monoisotopic (exact) mass is 316 g/mol.